The monoisotopic (exact) mass is 465 g/mol. The first-order valence-corrected chi connectivity index (χ1v) is 12.5. The van der Waals surface area contributed by atoms with Crippen molar-refractivity contribution in [1.82, 2.24) is 15.2 Å². The highest BCUT2D eigenvalue weighted by molar-refractivity contribution is 8.00. The van der Waals surface area contributed by atoms with Crippen molar-refractivity contribution in [2.45, 2.75) is 55.3 Å². The number of pyridine rings is 1. The fourth-order valence-electron chi connectivity index (χ4n) is 4.65. The van der Waals surface area contributed by atoms with Crippen LogP contribution in [-0.4, -0.2) is 40.2 Å². The van der Waals surface area contributed by atoms with Gasteiger partial charge in [0.2, 0.25) is 5.91 Å². The van der Waals surface area contributed by atoms with Crippen LogP contribution in [0.5, 0.6) is 0 Å². The summed E-state index contributed by atoms with van der Waals surface area (Å²) in [6.45, 7) is 8.39. The van der Waals surface area contributed by atoms with E-state index in [0.717, 1.165) is 49.2 Å². The molecule has 1 saturated heterocycles. The van der Waals surface area contributed by atoms with Crippen molar-refractivity contribution in [3.63, 3.8) is 0 Å². The van der Waals surface area contributed by atoms with Crippen LogP contribution in [0.2, 0.25) is 0 Å². The first-order valence-electron chi connectivity index (χ1n) is 11.6. The number of likely N-dealkylation sites (tertiary alicyclic amines) is 1. The summed E-state index contributed by atoms with van der Waals surface area (Å²) in [5, 5.41) is 3.40. The second kappa shape index (κ2) is 11.1. The van der Waals surface area contributed by atoms with E-state index >= 15 is 0 Å². The Kier molecular flexibility index (Phi) is 7.99. The number of nitrogens with zero attached hydrogens (tertiary/aromatic N) is 2. The van der Waals surface area contributed by atoms with E-state index < -0.39 is 0 Å². The number of hydrogen-bond donors (Lipinski definition) is 1. The van der Waals surface area contributed by atoms with E-state index in [0.29, 0.717) is 12.5 Å². The van der Waals surface area contributed by atoms with Gasteiger partial charge in [0.15, 0.2) is 0 Å². The summed E-state index contributed by atoms with van der Waals surface area (Å²) in [6.07, 6.45) is 9.90. The zero-order valence-corrected chi connectivity index (χ0v) is 20.0. The second-order valence-electron chi connectivity index (χ2n) is 9.13. The average Bonchev–Trinajstić information content (AvgIpc) is 3.22. The number of carbonyl (C=O) groups excluding carboxylic acids is 1. The van der Waals surface area contributed by atoms with Crippen LogP contribution in [0.1, 0.15) is 38.2 Å². The summed E-state index contributed by atoms with van der Waals surface area (Å²) in [4.78, 5) is 20.7. The highest BCUT2D eigenvalue weighted by Gasteiger charge is 2.37. The van der Waals surface area contributed by atoms with Crippen LogP contribution in [0.25, 0.3) is 0 Å². The van der Waals surface area contributed by atoms with Gasteiger partial charge in [-0.2, -0.15) is 0 Å². The molecule has 33 heavy (non-hydrogen) atoms. The topological polar surface area (TPSA) is 45.2 Å². The molecular weight excluding hydrogens is 433 g/mol. The Balaban J connectivity index is 1.42. The lowest BCUT2D eigenvalue weighted by Gasteiger charge is -2.28. The second-order valence-corrected chi connectivity index (χ2v) is 10.5. The van der Waals surface area contributed by atoms with E-state index in [1.165, 1.54) is 23.3 Å². The Bertz CT molecular complexity index is 992. The molecule has 1 N–H and O–H groups in total. The third-order valence-electron chi connectivity index (χ3n) is 6.58. The third-order valence-corrected chi connectivity index (χ3v) is 7.80. The minimum Gasteiger partial charge on any atom is -0.351 e. The van der Waals surface area contributed by atoms with Crippen molar-refractivity contribution >= 4 is 17.7 Å². The third kappa shape index (κ3) is 6.55. The number of amides is 1. The zero-order chi connectivity index (χ0) is 23.2. The molecule has 1 aromatic carbocycles. The number of carbonyl (C=O) groups is 1. The molecule has 0 unspecified atom stereocenters. The number of rotatable bonds is 8. The van der Waals surface area contributed by atoms with Gasteiger partial charge in [-0.15, -0.1) is 11.8 Å². The number of allylic oxidation sites excluding steroid dienone is 2. The van der Waals surface area contributed by atoms with Crippen LogP contribution in [0.4, 0.5) is 4.39 Å². The Hall–Kier alpha value is -2.44. The average molecular weight is 466 g/mol. The van der Waals surface area contributed by atoms with Gasteiger partial charge in [-0.1, -0.05) is 29.9 Å². The number of benzene rings is 1. The van der Waals surface area contributed by atoms with Gasteiger partial charge in [0, 0.05) is 42.2 Å². The highest BCUT2D eigenvalue weighted by Crippen LogP contribution is 2.35. The summed E-state index contributed by atoms with van der Waals surface area (Å²) in [5.74, 6) is 0.419. The number of halogens is 1. The minimum absolute atomic E-state index is 0.0669. The van der Waals surface area contributed by atoms with Gasteiger partial charge < -0.3 is 5.32 Å². The fraction of sp³-hybridized carbons (Fsp3) is 0.407. The molecule has 1 fully saturated rings. The lowest BCUT2D eigenvalue weighted by Crippen LogP contribution is -2.43. The highest BCUT2D eigenvalue weighted by atomic mass is 32.2. The quantitative estimate of drug-likeness (QED) is 0.532. The fourth-order valence-corrected chi connectivity index (χ4v) is 5.87. The van der Waals surface area contributed by atoms with E-state index in [9.17, 15) is 9.18 Å². The number of nitrogens with one attached hydrogen (secondary N) is 1. The van der Waals surface area contributed by atoms with Crippen LogP contribution < -0.4 is 5.32 Å². The van der Waals surface area contributed by atoms with Crippen LogP contribution >= 0.6 is 11.8 Å². The molecule has 174 valence electrons. The maximum absolute atomic E-state index is 13.3. The molecule has 2 aliphatic rings. The van der Waals surface area contributed by atoms with Gasteiger partial charge in [0.05, 0.1) is 6.04 Å². The molecule has 0 spiro atoms. The van der Waals surface area contributed by atoms with Gasteiger partial charge in [-0.05, 0) is 74.4 Å². The smallest absolute Gasteiger partial charge is 0.237 e. The summed E-state index contributed by atoms with van der Waals surface area (Å²) in [5.41, 5.74) is 3.67. The van der Waals surface area contributed by atoms with Gasteiger partial charge in [-0.25, -0.2) is 4.39 Å². The molecule has 2 heterocycles. The first kappa shape index (κ1) is 23.7. The lowest BCUT2D eigenvalue weighted by molar-refractivity contribution is -0.125. The first-order chi connectivity index (χ1) is 16.0. The molecule has 0 radical (unpaired) electrons. The molecule has 1 aliphatic carbocycles. The van der Waals surface area contributed by atoms with E-state index in [4.69, 9.17) is 0 Å². The maximum atomic E-state index is 13.3. The van der Waals surface area contributed by atoms with Crippen LogP contribution in [0.3, 0.4) is 0 Å². The predicted molar refractivity (Wildman–Crippen MR) is 132 cm³/mol. The van der Waals surface area contributed by atoms with Crippen molar-refractivity contribution in [3.05, 3.63) is 84.0 Å². The lowest BCUT2D eigenvalue weighted by atomic mass is 9.85. The predicted octanol–water partition coefficient (Wildman–Crippen LogP) is 5.37. The van der Waals surface area contributed by atoms with Gasteiger partial charge in [0.1, 0.15) is 5.82 Å². The summed E-state index contributed by atoms with van der Waals surface area (Å²) < 4.78 is 13.3. The van der Waals surface area contributed by atoms with E-state index in [1.54, 1.807) is 24.2 Å². The van der Waals surface area contributed by atoms with Gasteiger partial charge >= 0.3 is 0 Å². The number of thioether (sulfide) groups is 1. The van der Waals surface area contributed by atoms with E-state index in [2.05, 4.69) is 34.8 Å². The van der Waals surface area contributed by atoms with Gasteiger partial charge in [0.25, 0.3) is 0 Å². The molecule has 2 aromatic rings. The summed E-state index contributed by atoms with van der Waals surface area (Å²) >= 11 is 1.74. The van der Waals surface area contributed by atoms with Crippen LogP contribution in [0, 0.1) is 11.7 Å². The summed E-state index contributed by atoms with van der Waals surface area (Å²) in [7, 11) is 0. The molecule has 0 saturated carbocycles. The molecule has 0 bridgehead atoms. The van der Waals surface area contributed by atoms with Crippen molar-refractivity contribution in [2.24, 2.45) is 5.92 Å². The van der Waals surface area contributed by atoms with Crippen molar-refractivity contribution in [1.29, 1.82) is 0 Å². The Morgan fingerprint density at radius 3 is 2.79 bits per heavy atom. The van der Waals surface area contributed by atoms with Crippen LogP contribution in [0.15, 0.2) is 77.5 Å². The summed E-state index contributed by atoms with van der Waals surface area (Å²) in [6, 6.07) is 10.3. The van der Waals surface area contributed by atoms with Crippen molar-refractivity contribution in [2.75, 3.05) is 13.1 Å². The van der Waals surface area contributed by atoms with Crippen molar-refractivity contribution < 1.29 is 9.18 Å². The minimum atomic E-state index is -0.225. The molecule has 4 rings (SSSR count). The van der Waals surface area contributed by atoms with E-state index in [-0.39, 0.29) is 23.0 Å². The largest absolute Gasteiger partial charge is 0.351 e. The van der Waals surface area contributed by atoms with E-state index in [1.807, 2.05) is 24.3 Å². The SMILES string of the molecule is C=C(C)[C@@H]1CC=C(CN2C[C@H](Sc3ccc(F)cc3)C[C@H]2C(=O)NCc2cccnc2)CC1. The number of aromatic nitrogens is 1. The van der Waals surface area contributed by atoms with Crippen LogP contribution in [-0.2, 0) is 11.3 Å². The Labute approximate surface area is 200 Å². The van der Waals surface area contributed by atoms with Gasteiger partial charge in [-0.3, -0.25) is 14.7 Å². The zero-order valence-electron chi connectivity index (χ0n) is 19.2. The normalized spacial score (nSPS) is 23.2. The molecule has 1 amide bonds. The van der Waals surface area contributed by atoms with Crippen molar-refractivity contribution in [3.8, 4) is 0 Å². The molecule has 4 nitrogen and oxygen atoms in total. The molecule has 3 atom stereocenters. The number of hydrogen-bond acceptors (Lipinski definition) is 4. The molecule has 1 aromatic heterocycles. The maximum Gasteiger partial charge on any atom is 0.237 e. The standard InChI is InChI=1S/C27H32FN3OS/c1-19(2)22-7-5-20(6-8-22)17-31-18-25(33-24-11-9-23(28)10-12-24)14-26(31)27(32)30-16-21-4-3-13-29-15-21/h3-5,9-13,15,22,25-26H,1,6-8,14,16-18H2,2H3,(H,30,32)/t22-,25-,26+/m1/s1. The Morgan fingerprint density at radius 1 is 1.30 bits per heavy atom. The molecule has 6 heteroatoms. The Morgan fingerprint density at radius 2 is 2.12 bits per heavy atom. The molecular formula is C27H32FN3OS. The molecule has 1 aliphatic heterocycles.